The summed E-state index contributed by atoms with van der Waals surface area (Å²) in [5, 5.41) is 9.14. The Balaban J connectivity index is 2.05. The van der Waals surface area contributed by atoms with Gasteiger partial charge in [0.1, 0.15) is 0 Å². The Labute approximate surface area is 170 Å². The number of aryl methyl sites for hydroxylation is 1. The Morgan fingerprint density at radius 2 is 1.79 bits per heavy atom. The molecule has 0 amide bonds. The number of hydrogen-bond acceptors (Lipinski definition) is 4. The zero-order chi connectivity index (χ0) is 20.5. The summed E-state index contributed by atoms with van der Waals surface area (Å²) in [5.41, 5.74) is 7.67. The first-order valence-corrected chi connectivity index (χ1v) is 9.56. The molecule has 144 valence electrons. The van der Waals surface area contributed by atoms with E-state index in [0.717, 1.165) is 28.0 Å². The summed E-state index contributed by atoms with van der Waals surface area (Å²) in [4.78, 5) is 9.42. The SMILES string of the molecule is COc1nc(-c2ccc(C#N)cc2)c(-c2ccc(C)c(C(C)C)c2)c2nccn12. The largest absolute Gasteiger partial charge is 0.468 e. The number of rotatable bonds is 4. The first-order chi connectivity index (χ1) is 14.0. The van der Waals surface area contributed by atoms with Crippen molar-refractivity contribution >= 4 is 5.65 Å². The average Bonchev–Trinajstić information content (AvgIpc) is 3.23. The van der Waals surface area contributed by atoms with Gasteiger partial charge in [0.15, 0.2) is 5.65 Å². The predicted octanol–water partition coefficient (Wildman–Crippen LogP) is 5.38. The lowest BCUT2D eigenvalue weighted by Gasteiger charge is -2.16. The smallest absolute Gasteiger partial charge is 0.302 e. The summed E-state index contributed by atoms with van der Waals surface area (Å²) in [6.07, 6.45) is 3.61. The summed E-state index contributed by atoms with van der Waals surface area (Å²) in [6, 6.07) is 16.6. The molecule has 0 fully saturated rings. The molecule has 0 aliphatic rings. The van der Waals surface area contributed by atoms with Gasteiger partial charge in [0, 0.05) is 18.0 Å². The normalized spacial score (nSPS) is 11.0. The Hall–Kier alpha value is -3.65. The van der Waals surface area contributed by atoms with E-state index < -0.39 is 0 Å². The number of ether oxygens (including phenoxy) is 1. The van der Waals surface area contributed by atoms with Gasteiger partial charge in [0.2, 0.25) is 0 Å². The van der Waals surface area contributed by atoms with Crippen LogP contribution in [0.15, 0.2) is 54.9 Å². The van der Waals surface area contributed by atoms with Crippen LogP contribution in [0.4, 0.5) is 0 Å². The van der Waals surface area contributed by atoms with Crippen molar-refractivity contribution in [2.75, 3.05) is 7.11 Å². The molecule has 2 aromatic heterocycles. The Kier molecular flexibility index (Phi) is 4.77. The Morgan fingerprint density at radius 3 is 2.45 bits per heavy atom. The van der Waals surface area contributed by atoms with Crippen molar-refractivity contribution < 1.29 is 4.74 Å². The van der Waals surface area contributed by atoms with Crippen LogP contribution in [0.1, 0.15) is 36.5 Å². The maximum Gasteiger partial charge on any atom is 0.302 e. The summed E-state index contributed by atoms with van der Waals surface area (Å²) in [6.45, 7) is 6.54. The van der Waals surface area contributed by atoms with Gasteiger partial charge >= 0.3 is 6.01 Å². The van der Waals surface area contributed by atoms with Gasteiger partial charge in [-0.15, -0.1) is 0 Å². The first kappa shape index (κ1) is 18.7. The molecule has 5 nitrogen and oxygen atoms in total. The van der Waals surface area contributed by atoms with Crippen LogP contribution in [0, 0.1) is 18.3 Å². The zero-order valence-electron chi connectivity index (χ0n) is 17.0. The zero-order valence-corrected chi connectivity index (χ0v) is 17.0. The predicted molar refractivity (Wildman–Crippen MR) is 114 cm³/mol. The van der Waals surface area contributed by atoms with Crippen molar-refractivity contribution in [3.8, 4) is 34.5 Å². The molecule has 0 bridgehead atoms. The number of imidazole rings is 1. The van der Waals surface area contributed by atoms with Crippen molar-refractivity contribution in [2.45, 2.75) is 26.7 Å². The molecule has 4 aromatic rings. The molecular formula is C24H22N4O. The molecule has 0 aliphatic heterocycles. The topological polar surface area (TPSA) is 63.2 Å². The van der Waals surface area contributed by atoms with E-state index in [1.54, 1.807) is 25.4 Å². The second-order valence-electron chi connectivity index (χ2n) is 7.36. The maximum absolute atomic E-state index is 9.14. The fourth-order valence-electron chi connectivity index (χ4n) is 3.69. The molecule has 29 heavy (non-hydrogen) atoms. The van der Waals surface area contributed by atoms with Gasteiger partial charge in [0.25, 0.3) is 0 Å². The van der Waals surface area contributed by atoms with Gasteiger partial charge in [0.05, 0.1) is 30.0 Å². The van der Waals surface area contributed by atoms with Gasteiger partial charge in [-0.3, -0.25) is 4.40 Å². The van der Waals surface area contributed by atoms with Gasteiger partial charge < -0.3 is 4.74 Å². The van der Waals surface area contributed by atoms with E-state index in [1.807, 2.05) is 22.7 Å². The van der Waals surface area contributed by atoms with E-state index >= 15 is 0 Å². The van der Waals surface area contributed by atoms with E-state index in [4.69, 9.17) is 15.0 Å². The van der Waals surface area contributed by atoms with Crippen molar-refractivity contribution in [3.63, 3.8) is 0 Å². The minimum Gasteiger partial charge on any atom is -0.468 e. The third-order valence-electron chi connectivity index (χ3n) is 5.17. The Bertz CT molecular complexity index is 1230. The van der Waals surface area contributed by atoms with Crippen LogP contribution in [0.2, 0.25) is 0 Å². The van der Waals surface area contributed by atoms with Gasteiger partial charge in [-0.1, -0.05) is 44.2 Å². The Morgan fingerprint density at radius 1 is 1.07 bits per heavy atom. The monoisotopic (exact) mass is 382 g/mol. The van der Waals surface area contributed by atoms with Crippen molar-refractivity contribution in [3.05, 3.63) is 71.5 Å². The van der Waals surface area contributed by atoms with Crippen molar-refractivity contribution in [1.29, 1.82) is 5.26 Å². The molecule has 0 atom stereocenters. The highest BCUT2D eigenvalue weighted by atomic mass is 16.5. The molecule has 4 rings (SSSR count). The van der Waals surface area contributed by atoms with Gasteiger partial charge in [-0.25, -0.2) is 4.98 Å². The van der Waals surface area contributed by atoms with E-state index in [9.17, 15) is 0 Å². The first-order valence-electron chi connectivity index (χ1n) is 9.56. The third kappa shape index (κ3) is 3.23. The number of methoxy groups -OCH3 is 1. The fraction of sp³-hybridized carbons (Fsp3) is 0.208. The number of fused-ring (bicyclic) bond motifs is 1. The van der Waals surface area contributed by atoms with Crippen LogP contribution >= 0.6 is 0 Å². The molecule has 0 aliphatic carbocycles. The minimum atomic E-state index is 0.412. The van der Waals surface area contributed by atoms with Crippen LogP contribution in [-0.4, -0.2) is 21.5 Å². The second kappa shape index (κ2) is 7.40. The molecule has 0 radical (unpaired) electrons. The van der Waals surface area contributed by atoms with Crippen molar-refractivity contribution in [2.24, 2.45) is 0 Å². The number of nitrogens with zero attached hydrogens (tertiary/aromatic N) is 4. The number of nitriles is 1. The number of aromatic nitrogens is 3. The van der Waals surface area contributed by atoms with Crippen molar-refractivity contribution in [1.82, 2.24) is 14.4 Å². The summed E-state index contributed by atoms with van der Waals surface area (Å²) in [7, 11) is 1.60. The van der Waals surface area contributed by atoms with E-state index in [2.05, 4.69) is 50.0 Å². The average molecular weight is 382 g/mol. The second-order valence-corrected chi connectivity index (χ2v) is 7.36. The van der Waals surface area contributed by atoms with Crippen LogP contribution < -0.4 is 4.74 Å². The highest BCUT2D eigenvalue weighted by molar-refractivity contribution is 5.90. The maximum atomic E-state index is 9.14. The van der Waals surface area contributed by atoms with Gasteiger partial charge in [-0.05, 0) is 41.7 Å². The van der Waals surface area contributed by atoms with E-state index in [1.165, 1.54) is 11.1 Å². The molecule has 0 spiro atoms. The summed E-state index contributed by atoms with van der Waals surface area (Å²) < 4.78 is 7.38. The standard InChI is InChI=1S/C24H22N4O/c1-15(2)20-13-19(8-5-16(20)3)21-22(18-9-6-17(14-25)7-10-18)27-24(29-4)28-12-11-26-23(21)28/h5-13,15H,1-4H3. The fourth-order valence-corrected chi connectivity index (χ4v) is 3.69. The summed E-state index contributed by atoms with van der Waals surface area (Å²) in [5.74, 6) is 0.412. The van der Waals surface area contributed by atoms with E-state index in [0.29, 0.717) is 17.5 Å². The van der Waals surface area contributed by atoms with Crippen LogP contribution in [0.5, 0.6) is 6.01 Å². The third-order valence-corrected chi connectivity index (χ3v) is 5.17. The molecule has 0 saturated carbocycles. The highest BCUT2D eigenvalue weighted by Crippen LogP contribution is 2.37. The lowest BCUT2D eigenvalue weighted by Crippen LogP contribution is -2.03. The van der Waals surface area contributed by atoms with Crippen LogP contribution in [0.3, 0.4) is 0 Å². The molecule has 5 heteroatoms. The molecule has 2 aromatic carbocycles. The molecule has 2 heterocycles. The number of hydrogen-bond donors (Lipinski definition) is 0. The molecule has 0 unspecified atom stereocenters. The molecular weight excluding hydrogens is 360 g/mol. The lowest BCUT2D eigenvalue weighted by atomic mass is 9.92. The molecule has 0 saturated heterocycles. The molecule has 0 N–H and O–H groups in total. The van der Waals surface area contributed by atoms with Gasteiger partial charge in [-0.2, -0.15) is 10.2 Å². The summed E-state index contributed by atoms with van der Waals surface area (Å²) >= 11 is 0. The van der Waals surface area contributed by atoms with Crippen LogP contribution in [0.25, 0.3) is 28.0 Å². The highest BCUT2D eigenvalue weighted by Gasteiger charge is 2.19. The number of benzene rings is 2. The minimum absolute atomic E-state index is 0.412. The van der Waals surface area contributed by atoms with E-state index in [-0.39, 0.29) is 0 Å². The quantitative estimate of drug-likeness (QED) is 0.476. The lowest BCUT2D eigenvalue weighted by molar-refractivity contribution is 0.375. The van der Waals surface area contributed by atoms with Crippen LogP contribution in [-0.2, 0) is 0 Å².